The summed E-state index contributed by atoms with van der Waals surface area (Å²) in [7, 11) is 2.23. The first-order valence-electron chi connectivity index (χ1n) is 9.79. The van der Waals surface area contributed by atoms with Crippen LogP contribution in [0.5, 0.6) is 0 Å². The van der Waals surface area contributed by atoms with Gasteiger partial charge >= 0.3 is 0 Å². The minimum atomic E-state index is 0.639. The fraction of sp³-hybridized carbons (Fsp3) is 0.789. The quantitative estimate of drug-likeness (QED) is 0.863. The molecule has 2 aliphatic rings. The van der Waals surface area contributed by atoms with Crippen molar-refractivity contribution in [2.75, 3.05) is 57.8 Å². The van der Waals surface area contributed by atoms with E-state index in [-0.39, 0.29) is 0 Å². The molecule has 25 heavy (non-hydrogen) atoms. The van der Waals surface area contributed by atoms with Crippen LogP contribution in [0.25, 0.3) is 0 Å². The van der Waals surface area contributed by atoms with Gasteiger partial charge < -0.3 is 15.5 Å². The Morgan fingerprint density at radius 2 is 1.80 bits per heavy atom. The van der Waals surface area contributed by atoms with Gasteiger partial charge in [-0.2, -0.15) is 0 Å². The molecule has 2 aliphatic heterocycles. The molecule has 0 saturated carbocycles. The number of aromatic nitrogens is 2. The van der Waals surface area contributed by atoms with Crippen molar-refractivity contribution in [3.8, 4) is 0 Å². The predicted molar refractivity (Wildman–Crippen MR) is 103 cm³/mol. The Hall–Kier alpha value is -1.24. The van der Waals surface area contributed by atoms with Crippen LogP contribution in [0.3, 0.4) is 0 Å². The van der Waals surface area contributed by atoms with Crippen LogP contribution >= 0.6 is 0 Å². The molecule has 0 radical (unpaired) electrons. The molecule has 3 heterocycles. The molecule has 0 amide bonds. The molecule has 1 aromatic rings. The highest BCUT2D eigenvalue weighted by atomic mass is 15.3. The van der Waals surface area contributed by atoms with Crippen molar-refractivity contribution in [1.29, 1.82) is 0 Å². The molecule has 2 saturated heterocycles. The average Bonchev–Trinajstić information content (AvgIpc) is 2.62. The summed E-state index contributed by atoms with van der Waals surface area (Å²) in [5.41, 5.74) is 6.76. The second-order valence-corrected chi connectivity index (χ2v) is 7.71. The lowest BCUT2D eigenvalue weighted by Crippen LogP contribution is -2.51. The van der Waals surface area contributed by atoms with E-state index in [0.717, 1.165) is 42.8 Å². The van der Waals surface area contributed by atoms with Crippen LogP contribution in [-0.4, -0.2) is 78.7 Å². The highest BCUT2D eigenvalue weighted by molar-refractivity contribution is 5.40. The van der Waals surface area contributed by atoms with E-state index in [0.29, 0.717) is 12.6 Å². The van der Waals surface area contributed by atoms with Crippen LogP contribution in [0.2, 0.25) is 0 Å². The van der Waals surface area contributed by atoms with Gasteiger partial charge in [0.25, 0.3) is 0 Å². The van der Waals surface area contributed by atoms with Crippen LogP contribution in [0, 0.1) is 12.8 Å². The lowest BCUT2D eigenvalue weighted by Gasteiger charge is -2.43. The molecule has 1 atom stereocenters. The van der Waals surface area contributed by atoms with Crippen LogP contribution in [0.15, 0.2) is 6.07 Å². The smallest absolute Gasteiger partial charge is 0.132 e. The summed E-state index contributed by atoms with van der Waals surface area (Å²) in [6.07, 6.45) is 3.33. The van der Waals surface area contributed by atoms with Crippen molar-refractivity contribution in [1.82, 2.24) is 19.8 Å². The summed E-state index contributed by atoms with van der Waals surface area (Å²) in [6.45, 7) is 12.1. The maximum absolute atomic E-state index is 5.69. The summed E-state index contributed by atoms with van der Waals surface area (Å²) in [5.74, 6) is 2.74. The zero-order chi connectivity index (χ0) is 17.8. The highest BCUT2D eigenvalue weighted by Gasteiger charge is 2.29. The van der Waals surface area contributed by atoms with E-state index >= 15 is 0 Å². The molecular weight excluding hydrogens is 312 g/mol. The lowest BCUT2D eigenvalue weighted by atomic mass is 9.89. The fourth-order valence-corrected chi connectivity index (χ4v) is 4.19. The summed E-state index contributed by atoms with van der Waals surface area (Å²) in [5, 5.41) is 0. The molecule has 3 rings (SSSR count). The molecule has 6 nitrogen and oxygen atoms in total. The number of anilines is 1. The van der Waals surface area contributed by atoms with Gasteiger partial charge in [0.05, 0.1) is 0 Å². The Labute approximate surface area is 152 Å². The van der Waals surface area contributed by atoms with Crippen molar-refractivity contribution in [3.63, 3.8) is 0 Å². The predicted octanol–water partition coefficient (Wildman–Crippen LogP) is 1.14. The number of rotatable bonds is 5. The van der Waals surface area contributed by atoms with E-state index < -0.39 is 0 Å². The van der Waals surface area contributed by atoms with Gasteiger partial charge in [0, 0.05) is 63.5 Å². The van der Waals surface area contributed by atoms with Crippen LogP contribution in [-0.2, 0) is 6.42 Å². The lowest BCUT2D eigenvalue weighted by molar-refractivity contribution is 0.0813. The second kappa shape index (κ2) is 8.43. The van der Waals surface area contributed by atoms with Gasteiger partial charge in [-0.05, 0) is 46.2 Å². The van der Waals surface area contributed by atoms with E-state index in [1.165, 1.54) is 39.0 Å². The Morgan fingerprint density at radius 3 is 2.44 bits per heavy atom. The number of piperazine rings is 1. The van der Waals surface area contributed by atoms with E-state index in [1.807, 2.05) is 6.92 Å². The van der Waals surface area contributed by atoms with Crippen molar-refractivity contribution >= 4 is 5.82 Å². The van der Waals surface area contributed by atoms with Gasteiger partial charge in [0.15, 0.2) is 0 Å². The Kier molecular flexibility index (Phi) is 6.25. The third kappa shape index (κ3) is 4.68. The summed E-state index contributed by atoms with van der Waals surface area (Å²) < 4.78 is 0. The van der Waals surface area contributed by atoms with Crippen molar-refractivity contribution in [2.45, 2.75) is 39.2 Å². The Bertz CT molecular complexity index is 547. The molecule has 140 valence electrons. The number of nitrogens with two attached hydrogens (primary N) is 1. The monoisotopic (exact) mass is 346 g/mol. The van der Waals surface area contributed by atoms with E-state index in [2.05, 4.69) is 44.7 Å². The number of piperidine rings is 1. The van der Waals surface area contributed by atoms with Crippen molar-refractivity contribution < 1.29 is 0 Å². The number of hydrogen-bond donors (Lipinski definition) is 1. The first kappa shape index (κ1) is 18.5. The summed E-state index contributed by atoms with van der Waals surface area (Å²) in [6, 6.07) is 2.82. The molecule has 0 spiro atoms. The van der Waals surface area contributed by atoms with Gasteiger partial charge in [0.2, 0.25) is 0 Å². The zero-order valence-corrected chi connectivity index (χ0v) is 16.1. The SMILES string of the molecule is Cc1nc(CCN)cc(N2CCC([C@@H](C)N3CCN(C)CC3)CC2)n1. The molecular formula is C19H34N6. The third-order valence-corrected chi connectivity index (χ3v) is 5.94. The maximum atomic E-state index is 5.69. The third-order valence-electron chi connectivity index (χ3n) is 5.94. The first-order valence-corrected chi connectivity index (χ1v) is 9.79. The second-order valence-electron chi connectivity index (χ2n) is 7.71. The maximum Gasteiger partial charge on any atom is 0.132 e. The van der Waals surface area contributed by atoms with Gasteiger partial charge in [-0.15, -0.1) is 0 Å². The largest absolute Gasteiger partial charge is 0.356 e. The number of hydrogen-bond acceptors (Lipinski definition) is 6. The van der Waals surface area contributed by atoms with Gasteiger partial charge in [-0.1, -0.05) is 0 Å². The first-order chi connectivity index (χ1) is 12.1. The molecule has 1 aromatic heterocycles. The molecule has 6 heteroatoms. The minimum absolute atomic E-state index is 0.639. The standard InChI is InChI=1S/C19H34N6/c1-15(24-12-10-23(3)11-13-24)17-5-8-25(9-6-17)19-14-18(4-7-20)21-16(2)22-19/h14-15,17H,4-13,20H2,1-3H3/t15-/m1/s1. The molecule has 2 fully saturated rings. The number of likely N-dealkylation sites (N-methyl/N-ethyl adjacent to an activating group) is 1. The highest BCUT2D eigenvalue weighted by Crippen LogP contribution is 2.27. The summed E-state index contributed by atoms with van der Waals surface area (Å²) in [4.78, 5) is 16.7. The molecule has 0 aromatic carbocycles. The minimum Gasteiger partial charge on any atom is -0.356 e. The van der Waals surface area contributed by atoms with E-state index in [4.69, 9.17) is 5.73 Å². The molecule has 0 aliphatic carbocycles. The van der Waals surface area contributed by atoms with Gasteiger partial charge in [-0.3, -0.25) is 4.90 Å². The molecule has 0 unspecified atom stereocenters. The summed E-state index contributed by atoms with van der Waals surface area (Å²) >= 11 is 0. The molecule has 0 bridgehead atoms. The normalized spacial score (nSPS) is 22.3. The zero-order valence-electron chi connectivity index (χ0n) is 16.1. The van der Waals surface area contributed by atoms with Crippen LogP contribution in [0.1, 0.15) is 31.3 Å². The van der Waals surface area contributed by atoms with Gasteiger partial charge in [-0.25, -0.2) is 9.97 Å². The average molecular weight is 347 g/mol. The number of aryl methyl sites for hydroxylation is 1. The van der Waals surface area contributed by atoms with E-state index in [1.54, 1.807) is 0 Å². The van der Waals surface area contributed by atoms with Crippen molar-refractivity contribution in [2.24, 2.45) is 11.7 Å². The van der Waals surface area contributed by atoms with Crippen molar-refractivity contribution in [3.05, 3.63) is 17.6 Å². The molecule has 2 N–H and O–H groups in total. The van der Waals surface area contributed by atoms with Crippen LogP contribution in [0.4, 0.5) is 5.82 Å². The number of nitrogens with zero attached hydrogens (tertiary/aromatic N) is 5. The van der Waals surface area contributed by atoms with E-state index in [9.17, 15) is 0 Å². The Morgan fingerprint density at radius 1 is 1.12 bits per heavy atom. The topological polar surface area (TPSA) is 61.5 Å². The fourth-order valence-electron chi connectivity index (χ4n) is 4.19. The van der Waals surface area contributed by atoms with Gasteiger partial charge in [0.1, 0.15) is 11.6 Å². The van der Waals surface area contributed by atoms with Crippen LogP contribution < -0.4 is 10.6 Å². The Balaban J connectivity index is 1.56.